The van der Waals surface area contributed by atoms with Crippen LogP contribution in [0.2, 0.25) is 0 Å². The third-order valence-electron chi connectivity index (χ3n) is 2.70. The molecule has 0 radical (unpaired) electrons. The van der Waals surface area contributed by atoms with Gasteiger partial charge in [-0.1, -0.05) is 0 Å². The van der Waals surface area contributed by atoms with E-state index < -0.39 is 0 Å². The van der Waals surface area contributed by atoms with Crippen LogP contribution in [-0.4, -0.2) is 5.11 Å². The van der Waals surface area contributed by atoms with Crippen LogP contribution >= 0.6 is 0 Å². The number of nitrogens with zero attached hydrogens (tertiary/aromatic N) is 1. The second-order valence-electron chi connectivity index (χ2n) is 3.34. The molecule has 1 N–H and O–H groups in total. The molecule has 0 saturated carbocycles. The Labute approximate surface area is 78.4 Å². The molecule has 0 bridgehead atoms. The van der Waals surface area contributed by atoms with Gasteiger partial charge in [-0.2, -0.15) is 5.26 Å². The average Bonchev–Trinajstić information content (AvgIpc) is 2.13. The van der Waals surface area contributed by atoms with Crippen molar-refractivity contribution in [1.82, 2.24) is 0 Å². The van der Waals surface area contributed by atoms with E-state index in [1.54, 1.807) is 0 Å². The zero-order chi connectivity index (χ0) is 10.2. The Kier molecular flexibility index (Phi) is 2.29. The molecule has 1 aromatic carbocycles. The molecule has 0 fully saturated rings. The number of phenols is 1. The Bertz CT molecular complexity index is 371. The van der Waals surface area contributed by atoms with Gasteiger partial charge in [-0.3, -0.25) is 0 Å². The summed E-state index contributed by atoms with van der Waals surface area (Å²) in [6.07, 6.45) is 0. The van der Waals surface area contributed by atoms with Gasteiger partial charge in [0, 0.05) is 0 Å². The highest BCUT2D eigenvalue weighted by molar-refractivity contribution is 5.57. The van der Waals surface area contributed by atoms with Gasteiger partial charge in [0.1, 0.15) is 5.75 Å². The first-order chi connectivity index (χ1) is 6.00. The Morgan fingerprint density at radius 2 is 1.31 bits per heavy atom. The fourth-order valence-electron chi connectivity index (χ4n) is 1.46. The average molecular weight is 175 g/mol. The maximum atomic E-state index is 9.68. The van der Waals surface area contributed by atoms with Gasteiger partial charge in [0.15, 0.2) is 0 Å². The molecule has 0 atom stereocenters. The lowest BCUT2D eigenvalue weighted by Gasteiger charge is -2.12. The van der Waals surface area contributed by atoms with Crippen LogP contribution < -0.4 is 0 Å². The summed E-state index contributed by atoms with van der Waals surface area (Å²) in [7, 11) is 0. The fraction of sp³-hybridized carbons (Fsp3) is 0.364. The number of benzene rings is 1. The molecule has 0 spiro atoms. The lowest BCUT2D eigenvalue weighted by atomic mass is 9.94. The number of hydrogen-bond acceptors (Lipinski definition) is 2. The second-order valence-corrected chi connectivity index (χ2v) is 3.34. The first-order valence-electron chi connectivity index (χ1n) is 4.20. The predicted molar refractivity (Wildman–Crippen MR) is 51.8 cm³/mol. The molecular weight excluding hydrogens is 162 g/mol. The van der Waals surface area contributed by atoms with E-state index in [9.17, 15) is 5.11 Å². The van der Waals surface area contributed by atoms with E-state index in [1.165, 1.54) is 0 Å². The van der Waals surface area contributed by atoms with E-state index in [4.69, 9.17) is 5.26 Å². The number of phenolic OH excluding ortho intramolecular Hbond substituents is 1. The van der Waals surface area contributed by atoms with Crippen LogP contribution in [0, 0.1) is 39.0 Å². The van der Waals surface area contributed by atoms with Crippen LogP contribution in [-0.2, 0) is 0 Å². The Morgan fingerprint density at radius 3 is 1.62 bits per heavy atom. The van der Waals surface area contributed by atoms with Crippen LogP contribution in [0.25, 0.3) is 0 Å². The molecule has 2 heteroatoms. The quantitative estimate of drug-likeness (QED) is 0.658. The van der Waals surface area contributed by atoms with E-state index in [2.05, 4.69) is 6.07 Å². The second kappa shape index (κ2) is 3.10. The molecule has 0 aliphatic carbocycles. The van der Waals surface area contributed by atoms with Crippen molar-refractivity contribution in [2.24, 2.45) is 0 Å². The van der Waals surface area contributed by atoms with Crippen LogP contribution in [0.4, 0.5) is 0 Å². The highest BCUT2D eigenvalue weighted by Crippen LogP contribution is 2.30. The fourth-order valence-corrected chi connectivity index (χ4v) is 1.46. The van der Waals surface area contributed by atoms with Gasteiger partial charge in [-0.15, -0.1) is 0 Å². The van der Waals surface area contributed by atoms with Crippen molar-refractivity contribution in [2.75, 3.05) is 0 Å². The largest absolute Gasteiger partial charge is 0.507 e. The molecule has 68 valence electrons. The smallest absolute Gasteiger partial charge is 0.122 e. The zero-order valence-electron chi connectivity index (χ0n) is 8.39. The molecule has 1 aromatic rings. The molecule has 13 heavy (non-hydrogen) atoms. The minimum absolute atomic E-state index is 0.314. The lowest BCUT2D eigenvalue weighted by Crippen LogP contribution is -1.96. The van der Waals surface area contributed by atoms with E-state index >= 15 is 0 Å². The number of aromatic hydroxyl groups is 1. The molecule has 1 rings (SSSR count). The monoisotopic (exact) mass is 175 g/mol. The van der Waals surface area contributed by atoms with Crippen LogP contribution in [0.5, 0.6) is 5.75 Å². The van der Waals surface area contributed by atoms with Crippen LogP contribution in [0.3, 0.4) is 0 Å². The molecule has 0 aliphatic rings. The summed E-state index contributed by atoms with van der Waals surface area (Å²) in [5, 5.41) is 18.6. The summed E-state index contributed by atoms with van der Waals surface area (Å²) < 4.78 is 0. The van der Waals surface area contributed by atoms with E-state index in [0.29, 0.717) is 11.3 Å². The number of hydrogen-bond donors (Lipinski definition) is 1. The van der Waals surface area contributed by atoms with Crippen molar-refractivity contribution in [3.05, 3.63) is 27.8 Å². The van der Waals surface area contributed by atoms with Crippen molar-refractivity contribution in [2.45, 2.75) is 27.7 Å². The van der Waals surface area contributed by atoms with Gasteiger partial charge in [0.2, 0.25) is 0 Å². The van der Waals surface area contributed by atoms with Crippen molar-refractivity contribution in [3.63, 3.8) is 0 Å². The molecule has 0 unspecified atom stereocenters. The summed E-state index contributed by atoms with van der Waals surface area (Å²) in [5.41, 5.74) is 4.05. The van der Waals surface area contributed by atoms with Crippen molar-refractivity contribution in [1.29, 1.82) is 5.26 Å². The highest BCUT2D eigenvalue weighted by Gasteiger charge is 2.12. The molecule has 0 heterocycles. The molecule has 0 aliphatic heterocycles. The third-order valence-corrected chi connectivity index (χ3v) is 2.70. The predicted octanol–water partition coefficient (Wildman–Crippen LogP) is 2.50. The normalized spacial score (nSPS) is 9.77. The first kappa shape index (κ1) is 9.60. The summed E-state index contributed by atoms with van der Waals surface area (Å²) in [4.78, 5) is 0. The van der Waals surface area contributed by atoms with Gasteiger partial charge < -0.3 is 5.11 Å². The van der Waals surface area contributed by atoms with Crippen LogP contribution in [0.1, 0.15) is 27.8 Å². The van der Waals surface area contributed by atoms with E-state index in [0.717, 1.165) is 22.3 Å². The van der Waals surface area contributed by atoms with Crippen molar-refractivity contribution in [3.8, 4) is 11.8 Å². The topological polar surface area (TPSA) is 44.0 Å². The SMILES string of the molecule is Cc1c(C)c(C#N)c(C)c(C)c1O. The van der Waals surface area contributed by atoms with Gasteiger partial charge in [-0.05, 0) is 49.9 Å². The Balaban J connectivity index is 3.69. The van der Waals surface area contributed by atoms with Crippen LogP contribution in [0.15, 0.2) is 0 Å². The van der Waals surface area contributed by atoms with Gasteiger partial charge in [0.05, 0.1) is 11.6 Å². The van der Waals surface area contributed by atoms with E-state index in [1.807, 2.05) is 27.7 Å². The first-order valence-corrected chi connectivity index (χ1v) is 4.20. The Hall–Kier alpha value is -1.49. The van der Waals surface area contributed by atoms with Gasteiger partial charge in [0.25, 0.3) is 0 Å². The van der Waals surface area contributed by atoms with Crippen molar-refractivity contribution >= 4 is 0 Å². The molecule has 0 amide bonds. The molecular formula is C11H13NO. The third kappa shape index (κ3) is 1.27. The van der Waals surface area contributed by atoms with Gasteiger partial charge in [-0.25, -0.2) is 0 Å². The van der Waals surface area contributed by atoms with Crippen molar-refractivity contribution < 1.29 is 5.11 Å². The molecule has 0 aromatic heterocycles. The Morgan fingerprint density at radius 1 is 0.923 bits per heavy atom. The van der Waals surface area contributed by atoms with E-state index in [-0.39, 0.29) is 0 Å². The lowest BCUT2D eigenvalue weighted by molar-refractivity contribution is 0.465. The molecule has 2 nitrogen and oxygen atoms in total. The summed E-state index contributed by atoms with van der Waals surface area (Å²) >= 11 is 0. The maximum absolute atomic E-state index is 9.68. The summed E-state index contributed by atoms with van der Waals surface area (Å²) in [6, 6.07) is 2.16. The number of nitriles is 1. The number of rotatable bonds is 0. The minimum Gasteiger partial charge on any atom is -0.507 e. The summed E-state index contributed by atoms with van der Waals surface area (Å²) in [6.45, 7) is 7.38. The standard InChI is InChI=1S/C11H13NO/c1-6-8(3)11(13)9(4)7(2)10(6)5-12/h13H,1-4H3. The highest BCUT2D eigenvalue weighted by atomic mass is 16.3. The zero-order valence-corrected chi connectivity index (χ0v) is 8.39. The summed E-state index contributed by atoms with van der Waals surface area (Å²) in [5.74, 6) is 0.314. The maximum Gasteiger partial charge on any atom is 0.122 e. The minimum atomic E-state index is 0.314. The molecule has 0 saturated heterocycles. The van der Waals surface area contributed by atoms with Gasteiger partial charge >= 0.3 is 0 Å².